The monoisotopic (exact) mass is 397 g/mol. The van der Waals surface area contributed by atoms with Crippen LogP contribution in [-0.4, -0.2) is 68.2 Å². The molecule has 2 aromatic rings. The number of methoxy groups -OCH3 is 2. The molecule has 2 aliphatic heterocycles. The minimum absolute atomic E-state index is 0.723. The lowest BCUT2D eigenvalue weighted by molar-refractivity contribution is -0.118. The van der Waals surface area contributed by atoms with Gasteiger partial charge in [0.1, 0.15) is 17.5 Å². The second kappa shape index (κ2) is 8.14. The number of nitrogens with zero attached hydrogens (tertiary/aromatic N) is 5. The summed E-state index contributed by atoms with van der Waals surface area (Å²) in [5, 5.41) is 0. The van der Waals surface area contributed by atoms with Crippen molar-refractivity contribution in [3.05, 3.63) is 35.2 Å². The number of anilines is 2. The molecular weight excluding hydrogens is 370 g/mol. The fourth-order valence-electron chi connectivity index (χ4n) is 4.00. The van der Waals surface area contributed by atoms with Crippen molar-refractivity contribution in [3.8, 4) is 11.5 Å². The highest BCUT2D eigenvalue weighted by molar-refractivity contribution is 5.56. The van der Waals surface area contributed by atoms with Gasteiger partial charge in [0.15, 0.2) is 11.5 Å². The highest BCUT2D eigenvalue weighted by atomic mass is 16.5. The van der Waals surface area contributed by atoms with E-state index >= 15 is 0 Å². The van der Waals surface area contributed by atoms with Crippen molar-refractivity contribution in [1.82, 2.24) is 14.9 Å². The number of hydrogen-bond donors (Lipinski definition) is 0. The Balaban J connectivity index is 1.56. The molecule has 4 rings (SSSR count). The topological polar surface area (TPSA) is 71.0 Å². The van der Waals surface area contributed by atoms with E-state index in [1.807, 2.05) is 6.92 Å². The average molecular weight is 397 g/mol. The standard InChI is InChI=1S/C21H27N5O3/c1-15-22-20(25-8-6-24(14-27)7-9-25)12-21(23-15)26-5-4-16-10-18(28-2)19(29-3)11-17(16)13-26/h10-12,14H,4-9,13H2,1-3H3. The van der Waals surface area contributed by atoms with Crippen LogP contribution in [0.1, 0.15) is 17.0 Å². The molecule has 8 heteroatoms. The Morgan fingerprint density at radius 1 is 0.862 bits per heavy atom. The Hall–Kier alpha value is -3.03. The van der Waals surface area contributed by atoms with Crippen LogP contribution in [0.5, 0.6) is 11.5 Å². The molecule has 0 N–H and O–H groups in total. The van der Waals surface area contributed by atoms with Gasteiger partial charge in [0.25, 0.3) is 0 Å². The molecule has 8 nitrogen and oxygen atoms in total. The summed E-state index contributed by atoms with van der Waals surface area (Å²) in [4.78, 5) is 26.6. The molecule has 154 valence electrons. The van der Waals surface area contributed by atoms with Crippen molar-refractivity contribution in [3.63, 3.8) is 0 Å². The van der Waals surface area contributed by atoms with E-state index in [1.54, 1.807) is 19.1 Å². The Morgan fingerprint density at radius 3 is 2.10 bits per heavy atom. The number of amides is 1. The summed E-state index contributed by atoms with van der Waals surface area (Å²) >= 11 is 0. The summed E-state index contributed by atoms with van der Waals surface area (Å²) in [6.45, 7) is 6.60. The number of carbonyl (C=O) groups is 1. The van der Waals surface area contributed by atoms with Gasteiger partial charge in [0.2, 0.25) is 6.41 Å². The molecule has 3 heterocycles. The van der Waals surface area contributed by atoms with Crippen LogP contribution in [0, 0.1) is 6.92 Å². The molecular formula is C21H27N5O3. The first kappa shape index (κ1) is 19.3. The smallest absolute Gasteiger partial charge is 0.209 e. The third-order valence-corrected chi connectivity index (χ3v) is 5.64. The number of ether oxygens (including phenoxy) is 2. The van der Waals surface area contributed by atoms with Crippen LogP contribution < -0.4 is 19.3 Å². The maximum atomic E-state index is 11.0. The number of rotatable bonds is 5. The molecule has 0 unspecified atom stereocenters. The molecule has 0 aliphatic carbocycles. The first-order valence-corrected chi connectivity index (χ1v) is 9.90. The largest absolute Gasteiger partial charge is 0.493 e. The molecule has 1 fully saturated rings. The Labute approximate surface area is 171 Å². The zero-order valence-corrected chi connectivity index (χ0v) is 17.2. The van der Waals surface area contributed by atoms with Crippen LogP contribution in [0.25, 0.3) is 0 Å². The number of aryl methyl sites for hydroxylation is 1. The van der Waals surface area contributed by atoms with Crippen LogP contribution >= 0.6 is 0 Å². The van der Waals surface area contributed by atoms with Crippen molar-refractivity contribution in [1.29, 1.82) is 0 Å². The van der Waals surface area contributed by atoms with Gasteiger partial charge < -0.3 is 24.2 Å². The Bertz CT molecular complexity index is 896. The molecule has 1 saturated heterocycles. The van der Waals surface area contributed by atoms with Gasteiger partial charge >= 0.3 is 0 Å². The first-order valence-electron chi connectivity index (χ1n) is 9.90. The lowest BCUT2D eigenvalue weighted by Crippen LogP contribution is -2.46. The summed E-state index contributed by atoms with van der Waals surface area (Å²) in [5.74, 6) is 4.14. The minimum Gasteiger partial charge on any atom is -0.493 e. The maximum Gasteiger partial charge on any atom is 0.209 e. The van der Waals surface area contributed by atoms with E-state index in [0.717, 1.165) is 81.1 Å². The summed E-state index contributed by atoms with van der Waals surface area (Å²) < 4.78 is 10.9. The van der Waals surface area contributed by atoms with Gasteiger partial charge in [-0.3, -0.25) is 4.79 Å². The Morgan fingerprint density at radius 2 is 1.48 bits per heavy atom. The van der Waals surface area contributed by atoms with Gasteiger partial charge in [0.05, 0.1) is 14.2 Å². The van der Waals surface area contributed by atoms with Crippen LogP contribution in [0.15, 0.2) is 18.2 Å². The van der Waals surface area contributed by atoms with Gasteiger partial charge in [-0.1, -0.05) is 0 Å². The molecule has 1 aromatic heterocycles. The molecule has 0 radical (unpaired) electrons. The first-order chi connectivity index (χ1) is 14.1. The second-order valence-corrected chi connectivity index (χ2v) is 7.41. The molecule has 0 atom stereocenters. The molecule has 0 saturated carbocycles. The van der Waals surface area contributed by atoms with Gasteiger partial charge in [-0.15, -0.1) is 0 Å². The van der Waals surface area contributed by atoms with Gasteiger partial charge in [-0.2, -0.15) is 0 Å². The number of carbonyl (C=O) groups excluding carboxylic acids is 1. The van der Waals surface area contributed by atoms with Crippen LogP contribution in [0.3, 0.4) is 0 Å². The van der Waals surface area contributed by atoms with Gasteiger partial charge in [-0.05, 0) is 36.6 Å². The van der Waals surface area contributed by atoms with E-state index in [0.29, 0.717) is 0 Å². The van der Waals surface area contributed by atoms with Crippen molar-refractivity contribution in [2.75, 3.05) is 56.7 Å². The zero-order valence-electron chi connectivity index (χ0n) is 17.2. The van der Waals surface area contributed by atoms with E-state index in [4.69, 9.17) is 14.5 Å². The van der Waals surface area contributed by atoms with E-state index in [2.05, 4.69) is 33.0 Å². The average Bonchev–Trinajstić information content (AvgIpc) is 2.77. The van der Waals surface area contributed by atoms with Crippen molar-refractivity contribution >= 4 is 18.0 Å². The molecule has 2 aliphatic rings. The quantitative estimate of drug-likeness (QED) is 0.711. The maximum absolute atomic E-state index is 11.0. The summed E-state index contributed by atoms with van der Waals surface area (Å²) in [7, 11) is 3.33. The zero-order chi connectivity index (χ0) is 20.4. The number of fused-ring (bicyclic) bond motifs is 1. The molecule has 0 spiro atoms. The third kappa shape index (κ3) is 3.92. The lowest BCUT2D eigenvalue weighted by atomic mass is 9.99. The number of aromatic nitrogens is 2. The highest BCUT2D eigenvalue weighted by Crippen LogP contribution is 2.34. The number of piperazine rings is 1. The van der Waals surface area contributed by atoms with Gasteiger partial charge in [0, 0.05) is 45.3 Å². The van der Waals surface area contributed by atoms with Crippen LogP contribution in [0.4, 0.5) is 11.6 Å². The normalized spacial score (nSPS) is 16.4. The lowest BCUT2D eigenvalue weighted by Gasteiger charge is -2.35. The van der Waals surface area contributed by atoms with Crippen LogP contribution in [-0.2, 0) is 17.8 Å². The minimum atomic E-state index is 0.723. The fraction of sp³-hybridized carbons (Fsp3) is 0.476. The second-order valence-electron chi connectivity index (χ2n) is 7.41. The van der Waals surface area contributed by atoms with E-state index in [-0.39, 0.29) is 0 Å². The molecule has 0 bridgehead atoms. The Kier molecular flexibility index (Phi) is 5.42. The van der Waals surface area contributed by atoms with Crippen LogP contribution in [0.2, 0.25) is 0 Å². The molecule has 1 aromatic carbocycles. The van der Waals surface area contributed by atoms with E-state index in [9.17, 15) is 4.79 Å². The predicted molar refractivity (Wildman–Crippen MR) is 111 cm³/mol. The number of hydrogen-bond acceptors (Lipinski definition) is 7. The highest BCUT2D eigenvalue weighted by Gasteiger charge is 2.23. The summed E-state index contributed by atoms with van der Waals surface area (Å²) in [6.07, 6.45) is 1.84. The van der Waals surface area contributed by atoms with Crippen molar-refractivity contribution < 1.29 is 14.3 Å². The number of benzene rings is 1. The van der Waals surface area contributed by atoms with E-state index in [1.165, 1.54) is 11.1 Å². The van der Waals surface area contributed by atoms with Crippen molar-refractivity contribution in [2.24, 2.45) is 0 Å². The van der Waals surface area contributed by atoms with E-state index < -0.39 is 0 Å². The molecule has 1 amide bonds. The van der Waals surface area contributed by atoms with Crippen molar-refractivity contribution in [2.45, 2.75) is 19.9 Å². The molecule has 29 heavy (non-hydrogen) atoms. The summed E-state index contributed by atoms with van der Waals surface area (Å²) in [6, 6.07) is 6.21. The third-order valence-electron chi connectivity index (χ3n) is 5.64. The predicted octanol–water partition coefficient (Wildman–Crippen LogP) is 1.64. The summed E-state index contributed by atoms with van der Waals surface area (Å²) in [5.41, 5.74) is 2.51. The van der Waals surface area contributed by atoms with Gasteiger partial charge in [-0.25, -0.2) is 9.97 Å². The fourth-order valence-corrected chi connectivity index (χ4v) is 4.00. The SMILES string of the molecule is COc1cc2c(cc1OC)CN(c1cc(N3CCN(C=O)CC3)nc(C)n1)CC2.